The SMILES string of the molecule is C/C=N/N=C1/CCc2cc(Br)c(F)c(Cl)c2N1. The summed E-state index contributed by atoms with van der Waals surface area (Å²) in [4.78, 5) is 0. The van der Waals surface area contributed by atoms with E-state index in [-0.39, 0.29) is 5.02 Å². The molecule has 17 heavy (non-hydrogen) atoms. The largest absolute Gasteiger partial charge is 0.341 e. The van der Waals surface area contributed by atoms with Gasteiger partial charge in [-0.05, 0) is 40.9 Å². The molecule has 0 unspecified atom stereocenters. The molecule has 6 heteroatoms. The number of halogens is 3. The third-order valence-electron chi connectivity index (χ3n) is 2.44. The number of nitrogens with zero attached hydrogens (tertiary/aromatic N) is 2. The summed E-state index contributed by atoms with van der Waals surface area (Å²) in [5.74, 6) is 0.234. The number of benzene rings is 1. The van der Waals surface area contributed by atoms with Gasteiger partial charge in [0.1, 0.15) is 10.9 Å². The van der Waals surface area contributed by atoms with Crippen LogP contribution in [0.2, 0.25) is 5.02 Å². The molecule has 0 spiro atoms. The highest BCUT2D eigenvalue weighted by molar-refractivity contribution is 9.10. The minimum Gasteiger partial charge on any atom is -0.341 e. The van der Waals surface area contributed by atoms with Crippen LogP contribution >= 0.6 is 27.5 Å². The molecule has 0 aromatic heterocycles. The first kappa shape index (κ1) is 12.5. The van der Waals surface area contributed by atoms with Gasteiger partial charge in [-0.2, -0.15) is 5.10 Å². The van der Waals surface area contributed by atoms with E-state index < -0.39 is 5.82 Å². The van der Waals surface area contributed by atoms with E-state index in [1.54, 1.807) is 19.2 Å². The first-order valence-corrected chi connectivity index (χ1v) is 6.28. The predicted molar refractivity (Wildman–Crippen MR) is 72.7 cm³/mol. The van der Waals surface area contributed by atoms with Crippen LogP contribution in [-0.4, -0.2) is 12.1 Å². The summed E-state index contributed by atoms with van der Waals surface area (Å²) in [6, 6.07) is 1.74. The van der Waals surface area contributed by atoms with Gasteiger partial charge in [0, 0.05) is 12.6 Å². The molecule has 2 rings (SSSR count). The van der Waals surface area contributed by atoms with Gasteiger partial charge in [0.05, 0.1) is 10.2 Å². The lowest BCUT2D eigenvalue weighted by Crippen LogP contribution is -2.20. The van der Waals surface area contributed by atoms with Gasteiger partial charge in [-0.1, -0.05) is 11.6 Å². The van der Waals surface area contributed by atoms with Crippen molar-refractivity contribution < 1.29 is 4.39 Å². The van der Waals surface area contributed by atoms with Crippen molar-refractivity contribution in [2.45, 2.75) is 19.8 Å². The third kappa shape index (κ3) is 2.50. The molecule has 3 nitrogen and oxygen atoms in total. The van der Waals surface area contributed by atoms with Crippen molar-refractivity contribution in [3.63, 3.8) is 0 Å². The van der Waals surface area contributed by atoms with Gasteiger partial charge in [0.2, 0.25) is 0 Å². The van der Waals surface area contributed by atoms with Crippen LogP contribution in [0.15, 0.2) is 20.7 Å². The maximum absolute atomic E-state index is 13.6. The van der Waals surface area contributed by atoms with E-state index in [9.17, 15) is 4.39 Å². The maximum atomic E-state index is 13.6. The Morgan fingerprint density at radius 1 is 1.53 bits per heavy atom. The fraction of sp³-hybridized carbons (Fsp3) is 0.273. The first-order chi connectivity index (χ1) is 8.13. The van der Waals surface area contributed by atoms with Crippen molar-refractivity contribution in [3.05, 3.63) is 26.9 Å². The molecule has 0 radical (unpaired) electrons. The van der Waals surface area contributed by atoms with Crippen LogP contribution in [0.25, 0.3) is 0 Å². The minimum absolute atomic E-state index is 0.0854. The average Bonchev–Trinajstić information content (AvgIpc) is 2.34. The van der Waals surface area contributed by atoms with Crippen LogP contribution in [-0.2, 0) is 6.42 Å². The van der Waals surface area contributed by atoms with E-state index in [0.29, 0.717) is 16.0 Å². The Balaban J connectivity index is 2.41. The summed E-state index contributed by atoms with van der Waals surface area (Å²) in [5.41, 5.74) is 1.56. The van der Waals surface area contributed by atoms with Gasteiger partial charge in [-0.25, -0.2) is 4.39 Å². The Hall–Kier alpha value is -0.940. The van der Waals surface area contributed by atoms with Crippen molar-refractivity contribution >= 4 is 45.3 Å². The number of aryl methyl sites for hydroxylation is 1. The van der Waals surface area contributed by atoms with Gasteiger partial charge < -0.3 is 5.32 Å². The van der Waals surface area contributed by atoms with E-state index in [1.165, 1.54) is 0 Å². The molecule has 0 fully saturated rings. The van der Waals surface area contributed by atoms with Gasteiger partial charge >= 0.3 is 0 Å². The maximum Gasteiger partial charge on any atom is 0.158 e. The Morgan fingerprint density at radius 2 is 2.29 bits per heavy atom. The highest BCUT2D eigenvalue weighted by Crippen LogP contribution is 2.36. The summed E-state index contributed by atoms with van der Waals surface area (Å²) in [5, 5.41) is 10.9. The number of hydrogen-bond donors (Lipinski definition) is 1. The third-order valence-corrected chi connectivity index (χ3v) is 3.37. The highest BCUT2D eigenvalue weighted by atomic mass is 79.9. The Morgan fingerprint density at radius 3 is 3.00 bits per heavy atom. The molecule has 1 aromatic rings. The zero-order valence-electron chi connectivity index (χ0n) is 9.10. The van der Waals surface area contributed by atoms with E-state index in [2.05, 4.69) is 31.4 Å². The smallest absolute Gasteiger partial charge is 0.158 e. The van der Waals surface area contributed by atoms with Crippen molar-refractivity contribution in [1.29, 1.82) is 0 Å². The van der Waals surface area contributed by atoms with Gasteiger partial charge in [0.25, 0.3) is 0 Å². The van der Waals surface area contributed by atoms with Crippen molar-refractivity contribution in [1.82, 2.24) is 0 Å². The zero-order chi connectivity index (χ0) is 12.4. The van der Waals surface area contributed by atoms with Gasteiger partial charge in [-0.3, -0.25) is 0 Å². The van der Waals surface area contributed by atoms with Crippen LogP contribution in [0.3, 0.4) is 0 Å². The van der Waals surface area contributed by atoms with E-state index in [4.69, 9.17) is 11.6 Å². The molecule has 0 saturated heterocycles. The van der Waals surface area contributed by atoms with Crippen molar-refractivity contribution in [3.8, 4) is 0 Å². The number of amidine groups is 1. The zero-order valence-corrected chi connectivity index (χ0v) is 11.4. The summed E-state index contributed by atoms with van der Waals surface area (Å²) in [6.45, 7) is 1.78. The topological polar surface area (TPSA) is 36.8 Å². The molecule has 1 heterocycles. The van der Waals surface area contributed by atoms with E-state index in [1.807, 2.05) is 0 Å². The molecule has 1 aliphatic rings. The molecule has 1 N–H and O–H groups in total. The standard InChI is InChI=1S/C11H10BrClFN3/c1-2-15-17-8-4-3-6-5-7(12)10(14)9(13)11(6)16-8/h2,5H,3-4H2,1H3,(H,16,17)/b15-2+. The summed E-state index contributed by atoms with van der Waals surface area (Å²) in [7, 11) is 0. The lowest BCUT2D eigenvalue weighted by Gasteiger charge is -2.21. The quantitative estimate of drug-likeness (QED) is 0.474. The second-order valence-corrected chi connectivity index (χ2v) is 4.80. The second-order valence-electron chi connectivity index (χ2n) is 3.57. The van der Waals surface area contributed by atoms with Crippen molar-refractivity contribution in [2.75, 3.05) is 5.32 Å². The van der Waals surface area contributed by atoms with Crippen molar-refractivity contribution in [2.24, 2.45) is 10.2 Å². The molecule has 1 aromatic carbocycles. The molecule has 0 atom stereocenters. The molecule has 0 saturated carbocycles. The summed E-state index contributed by atoms with van der Waals surface area (Å²) < 4.78 is 14.0. The van der Waals surface area contributed by atoms with E-state index >= 15 is 0 Å². The number of fused-ring (bicyclic) bond motifs is 1. The number of nitrogens with one attached hydrogen (secondary N) is 1. The number of anilines is 1. The fourth-order valence-corrected chi connectivity index (χ4v) is 2.50. The fourth-order valence-electron chi connectivity index (χ4n) is 1.64. The van der Waals surface area contributed by atoms with Crippen LogP contribution in [0.5, 0.6) is 0 Å². The second kappa shape index (κ2) is 5.14. The Bertz CT molecular complexity index is 514. The lowest BCUT2D eigenvalue weighted by molar-refractivity contribution is 0.621. The van der Waals surface area contributed by atoms with Crippen LogP contribution in [0, 0.1) is 5.82 Å². The van der Waals surface area contributed by atoms with Crippen LogP contribution < -0.4 is 5.32 Å². The normalized spacial score (nSPS) is 17.3. The van der Waals surface area contributed by atoms with E-state index in [0.717, 1.165) is 18.4 Å². The monoisotopic (exact) mass is 317 g/mol. The average molecular weight is 319 g/mol. The summed E-state index contributed by atoms with van der Waals surface area (Å²) in [6.07, 6.45) is 3.09. The van der Waals surface area contributed by atoms with Gasteiger partial charge in [-0.15, -0.1) is 5.10 Å². The molecular weight excluding hydrogens is 308 g/mol. The molecule has 0 bridgehead atoms. The van der Waals surface area contributed by atoms with Gasteiger partial charge in [0.15, 0.2) is 5.82 Å². The molecule has 0 aliphatic carbocycles. The Labute approximate surface area is 112 Å². The molecule has 0 amide bonds. The Kier molecular flexibility index (Phi) is 3.79. The number of rotatable bonds is 1. The lowest BCUT2D eigenvalue weighted by atomic mass is 10.0. The molecule has 90 valence electrons. The predicted octanol–water partition coefficient (Wildman–Crippen LogP) is 4.00. The van der Waals surface area contributed by atoms with Crippen LogP contribution in [0.1, 0.15) is 18.9 Å². The summed E-state index contributed by atoms with van der Waals surface area (Å²) >= 11 is 9.10. The highest BCUT2D eigenvalue weighted by Gasteiger charge is 2.20. The molecular formula is C11H10BrClFN3. The first-order valence-electron chi connectivity index (χ1n) is 5.11. The minimum atomic E-state index is -0.460. The number of hydrogen-bond acceptors (Lipinski definition) is 2. The molecule has 1 aliphatic heterocycles. The van der Waals surface area contributed by atoms with Crippen LogP contribution in [0.4, 0.5) is 10.1 Å².